The molecule has 4 aromatic rings. The van der Waals surface area contributed by atoms with E-state index < -0.39 is 0 Å². The second kappa shape index (κ2) is 9.23. The molecule has 2 saturated carbocycles. The zero-order chi connectivity index (χ0) is 24.8. The van der Waals surface area contributed by atoms with Gasteiger partial charge in [0.2, 0.25) is 11.9 Å². The highest BCUT2D eigenvalue weighted by molar-refractivity contribution is 5.83. The molecule has 0 spiro atoms. The van der Waals surface area contributed by atoms with Gasteiger partial charge < -0.3 is 15.2 Å². The zero-order valence-corrected chi connectivity index (χ0v) is 20.7. The Labute approximate surface area is 215 Å². The largest absolute Gasteiger partial charge is 0.340 e. The minimum absolute atomic E-state index is 0.303. The zero-order valence-electron chi connectivity index (χ0n) is 20.7. The van der Waals surface area contributed by atoms with Crippen LogP contribution in [0.3, 0.4) is 0 Å². The Morgan fingerprint density at radius 3 is 2.65 bits per heavy atom. The number of aromatic nitrogens is 5. The van der Waals surface area contributed by atoms with Crippen LogP contribution in [0.4, 0.5) is 11.8 Å². The van der Waals surface area contributed by atoms with Gasteiger partial charge in [-0.2, -0.15) is 0 Å². The molecule has 0 radical (unpaired) electrons. The van der Waals surface area contributed by atoms with E-state index in [4.69, 9.17) is 4.98 Å². The van der Waals surface area contributed by atoms with Gasteiger partial charge >= 0.3 is 0 Å². The summed E-state index contributed by atoms with van der Waals surface area (Å²) < 4.78 is 0. The lowest BCUT2D eigenvalue weighted by Crippen LogP contribution is -2.48. The van der Waals surface area contributed by atoms with E-state index in [0.29, 0.717) is 23.7 Å². The topological polar surface area (TPSA) is 103 Å². The fraction of sp³-hybridized carbons (Fsp3) is 0.393. The van der Waals surface area contributed by atoms with Crippen molar-refractivity contribution < 1.29 is 4.79 Å². The Bertz CT molecular complexity index is 1450. The van der Waals surface area contributed by atoms with Crippen LogP contribution in [-0.2, 0) is 11.3 Å². The maximum Gasteiger partial charge on any atom is 0.225 e. The number of pyridine rings is 1. The van der Waals surface area contributed by atoms with Gasteiger partial charge in [-0.25, -0.2) is 19.9 Å². The van der Waals surface area contributed by atoms with Crippen LogP contribution >= 0.6 is 0 Å². The highest BCUT2D eigenvalue weighted by Crippen LogP contribution is 2.39. The molecular weight excluding hydrogens is 464 g/mol. The number of fused-ring (bicyclic) bond motifs is 1. The Morgan fingerprint density at radius 1 is 0.973 bits per heavy atom. The number of nitrogens with one attached hydrogen (secondary N) is 2. The molecule has 188 valence electrons. The maximum absolute atomic E-state index is 12.3. The molecule has 7 rings (SSSR count). The van der Waals surface area contributed by atoms with Crippen LogP contribution in [0.2, 0.25) is 0 Å². The molecule has 3 aromatic heterocycles. The summed E-state index contributed by atoms with van der Waals surface area (Å²) in [6, 6.07) is 12.4. The first kappa shape index (κ1) is 22.4. The normalized spacial score (nSPS) is 18.3. The fourth-order valence-corrected chi connectivity index (χ4v) is 5.10. The van der Waals surface area contributed by atoms with Crippen molar-refractivity contribution in [3.8, 4) is 11.3 Å². The summed E-state index contributed by atoms with van der Waals surface area (Å²) in [5, 5.41) is 3.33. The summed E-state index contributed by atoms with van der Waals surface area (Å²) in [4.78, 5) is 38.3. The minimum Gasteiger partial charge on any atom is -0.340 e. The first-order valence-electron chi connectivity index (χ1n) is 13.2. The van der Waals surface area contributed by atoms with Crippen molar-refractivity contribution in [1.82, 2.24) is 34.7 Å². The standard InChI is InChI=1S/C28H30N8O/c37-27(20-3-4-20)36-11-9-35(10-12-36)16-18-7-8-29-26(13-18)34-28-32-22-6-5-21(14-25(22)33-28)24-15-23(19-1-2-19)30-17-31-24/h5-8,13-15,17,19-20H,1-4,9-12,16H2,(H2,29,32,33,34). The number of amides is 1. The van der Waals surface area contributed by atoms with Gasteiger partial charge in [-0.15, -0.1) is 0 Å². The fourth-order valence-electron chi connectivity index (χ4n) is 5.10. The average Bonchev–Trinajstić information content (AvgIpc) is 3.85. The number of imidazole rings is 1. The van der Waals surface area contributed by atoms with Crippen LogP contribution in [0.1, 0.15) is 42.9 Å². The highest BCUT2D eigenvalue weighted by Gasteiger charge is 2.34. The smallest absolute Gasteiger partial charge is 0.225 e. The summed E-state index contributed by atoms with van der Waals surface area (Å²) in [6.07, 6.45) is 8.08. The predicted octanol–water partition coefficient (Wildman–Crippen LogP) is 4.09. The molecule has 3 fully saturated rings. The summed E-state index contributed by atoms with van der Waals surface area (Å²) in [7, 11) is 0. The van der Waals surface area contributed by atoms with Crippen molar-refractivity contribution in [3.05, 3.63) is 60.2 Å². The number of carbonyl (C=O) groups is 1. The van der Waals surface area contributed by atoms with Crippen LogP contribution in [0.15, 0.2) is 48.9 Å². The van der Waals surface area contributed by atoms with Crippen molar-refractivity contribution in [2.75, 3.05) is 31.5 Å². The molecule has 0 atom stereocenters. The average molecular weight is 495 g/mol. The molecule has 0 unspecified atom stereocenters. The maximum atomic E-state index is 12.3. The number of anilines is 2. The quantitative estimate of drug-likeness (QED) is 0.399. The van der Waals surface area contributed by atoms with Gasteiger partial charge in [0.1, 0.15) is 12.1 Å². The predicted molar refractivity (Wildman–Crippen MR) is 141 cm³/mol. The van der Waals surface area contributed by atoms with Gasteiger partial charge in [-0.1, -0.05) is 6.07 Å². The molecular formula is C28H30N8O. The summed E-state index contributed by atoms with van der Waals surface area (Å²) in [5.74, 6) is 2.66. The van der Waals surface area contributed by atoms with Crippen molar-refractivity contribution >= 4 is 28.7 Å². The monoisotopic (exact) mass is 494 g/mol. The Hall–Kier alpha value is -3.85. The number of nitrogens with zero attached hydrogens (tertiary/aromatic N) is 6. The van der Waals surface area contributed by atoms with E-state index in [1.807, 2.05) is 17.2 Å². The number of aromatic amines is 1. The number of carbonyl (C=O) groups excluding carboxylic acids is 1. The van der Waals surface area contributed by atoms with Crippen molar-refractivity contribution in [3.63, 3.8) is 0 Å². The molecule has 1 saturated heterocycles. The number of hydrogen-bond acceptors (Lipinski definition) is 7. The lowest BCUT2D eigenvalue weighted by molar-refractivity contribution is -0.134. The van der Waals surface area contributed by atoms with Gasteiger partial charge in [0, 0.05) is 62.0 Å². The van der Waals surface area contributed by atoms with E-state index in [9.17, 15) is 4.79 Å². The summed E-state index contributed by atoms with van der Waals surface area (Å²) in [6.45, 7) is 4.30. The SMILES string of the molecule is O=C(C1CC1)N1CCN(Cc2ccnc(Nc3nc4ccc(-c5cc(C6CC6)ncn5)cc4[nH]3)c2)CC1. The van der Waals surface area contributed by atoms with Crippen LogP contribution in [0.5, 0.6) is 0 Å². The summed E-state index contributed by atoms with van der Waals surface area (Å²) >= 11 is 0. The second-order valence-corrected chi connectivity index (χ2v) is 10.5. The molecule has 0 bridgehead atoms. The van der Waals surface area contributed by atoms with Gasteiger partial charge in [0.05, 0.1) is 16.7 Å². The van der Waals surface area contributed by atoms with Crippen LogP contribution in [0, 0.1) is 5.92 Å². The van der Waals surface area contributed by atoms with Gasteiger partial charge in [0.15, 0.2) is 0 Å². The van der Waals surface area contributed by atoms with E-state index in [2.05, 4.69) is 60.5 Å². The molecule has 2 aliphatic carbocycles. The third-order valence-electron chi connectivity index (χ3n) is 7.55. The van der Waals surface area contributed by atoms with Crippen molar-refractivity contribution in [1.29, 1.82) is 0 Å². The van der Waals surface area contributed by atoms with Gasteiger partial charge in [0.25, 0.3) is 0 Å². The Morgan fingerprint density at radius 2 is 1.84 bits per heavy atom. The lowest BCUT2D eigenvalue weighted by Gasteiger charge is -2.34. The lowest BCUT2D eigenvalue weighted by atomic mass is 10.1. The number of benzene rings is 1. The second-order valence-electron chi connectivity index (χ2n) is 10.5. The van der Waals surface area contributed by atoms with E-state index in [0.717, 1.165) is 79.4 Å². The van der Waals surface area contributed by atoms with Crippen LogP contribution in [0.25, 0.3) is 22.3 Å². The summed E-state index contributed by atoms with van der Waals surface area (Å²) in [5.41, 5.74) is 6.14. The molecule has 1 aromatic carbocycles. The number of hydrogen-bond donors (Lipinski definition) is 2. The number of rotatable bonds is 7. The third-order valence-corrected chi connectivity index (χ3v) is 7.55. The molecule has 3 aliphatic rings. The molecule has 9 nitrogen and oxygen atoms in total. The Kier molecular flexibility index (Phi) is 5.57. The van der Waals surface area contributed by atoms with Gasteiger partial charge in [-0.05, 0) is 61.6 Å². The molecule has 1 amide bonds. The Balaban J connectivity index is 1.02. The first-order chi connectivity index (χ1) is 18.2. The van der Waals surface area contributed by atoms with E-state index in [1.165, 1.54) is 18.4 Å². The number of piperazine rings is 1. The van der Waals surface area contributed by atoms with Crippen molar-refractivity contribution in [2.45, 2.75) is 38.1 Å². The van der Waals surface area contributed by atoms with E-state index in [-0.39, 0.29) is 0 Å². The molecule has 1 aliphatic heterocycles. The highest BCUT2D eigenvalue weighted by atomic mass is 16.2. The van der Waals surface area contributed by atoms with Crippen LogP contribution in [-0.4, -0.2) is 66.8 Å². The van der Waals surface area contributed by atoms with Crippen LogP contribution < -0.4 is 5.32 Å². The number of H-pyrrole nitrogens is 1. The van der Waals surface area contributed by atoms with Gasteiger partial charge in [-0.3, -0.25) is 9.69 Å². The van der Waals surface area contributed by atoms with Crippen molar-refractivity contribution in [2.24, 2.45) is 5.92 Å². The molecule has 4 heterocycles. The van der Waals surface area contributed by atoms with E-state index >= 15 is 0 Å². The van der Waals surface area contributed by atoms with E-state index in [1.54, 1.807) is 6.33 Å². The molecule has 37 heavy (non-hydrogen) atoms. The third kappa shape index (κ3) is 4.91. The molecule has 2 N–H and O–H groups in total. The first-order valence-corrected chi connectivity index (χ1v) is 13.2. The molecule has 9 heteroatoms. The minimum atomic E-state index is 0.303.